The molecule has 1 N–H and O–H groups in total. The molecule has 2 rings (SSSR count). The van der Waals surface area contributed by atoms with Gasteiger partial charge in [-0.1, -0.05) is 71.2 Å². The van der Waals surface area contributed by atoms with E-state index in [-0.39, 0.29) is 10.8 Å². The van der Waals surface area contributed by atoms with E-state index in [1.165, 1.54) is 36.2 Å². The van der Waals surface area contributed by atoms with E-state index >= 15 is 0 Å². The number of benzene rings is 1. The molecule has 8 heteroatoms. The van der Waals surface area contributed by atoms with Crippen molar-refractivity contribution < 1.29 is 17.9 Å². The molecule has 0 bridgehead atoms. The van der Waals surface area contributed by atoms with Crippen LogP contribution < -0.4 is 4.72 Å². The first kappa shape index (κ1) is 28.3. The third kappa shape index (κ3) is 9.04. The van der Waals surface area contributed by atoms with E-state index in [1.807, 2.05) is 37.3 Å². The maximum absolute atomic E-state index is 13.1. The van der Waals surface area contributed by atoms with Crippen LogP contribution in [0.5, 0.6) is 0 Å². The second kappa shape index (κ2) is 13.9. The van der Waals surface area contributed by atoms with Gasteiger partial charge in [-0.2, -0.15) is 0 Å². The van der Waals surface area contributed by atoms with Crippen LogP contribution in [0.2, 0.25) is 0 Å². The maximum Gasteiger partial charge on any atom is 0.421 e. The van der Waals surface area contributed by atoms with Crippen LogP contribution in [-0.2, 0) is 27.7 Å². The van der Waals surface area contributed by atoms with Crippen molar-refractivity contribution in [1.29, 1.82) is 0 Å². The number of nitrogens with zero attached hydrogens (tertiary/aromatic N) is 1. The number of thiophene rings is 1. The van der Waals surface area contributed by atoms with Crippen LogP contribution in [0, 0.1) is 5.92 Å². The summed E-state index contributed by atoms with van der Waals surface area (Å²) < 4.78 is 33.4. The fourth-order valence-electron chi connectivity index (χ4n) is 3.63. The van der Waals surface area contributed by atoms with Crippen molar-refractivity contribution in [2.75, 3.05) is 20.2 Å². The zero-order valence-corrected chi connectivity index (χ0v) is 22.9. The third-order valence-electron chi connectivity index (χ3n) is 5.41. The molecule has 190 valence electrons. The number of nitrogens with one attached hydrogen (secondary N) is 1. The first-order valence-electron chi connectivity index (χ1n) is 12.3. The summed E-state index contributed by atoms with van der Waals surface area (Å²) in [7, 11) is -1.93. The van der Waals surface area contributed by atoms with Crippen LogP contribution in [0.1, 0.15) is 70.2 Å². The fraction of sp³-hybridized carbons (Fsp3) is 0.577. The predicted molar refractivity (Wildman–Crippen MR) is 141 cm³/mol. The van der Waals surface area contributed by atoms with Crippen molar-refractivity contribution in [1.82, 2.24) is 9.62 Å². The van der Waals surface area contributed by atoms with Crippen molar-refractivity contribution in [2.45, 2.75) is 77.0 Å². The number of carbonyl (C=O) groups excluding carboxylic acids is 1. The van der Waals surface area contributed by atoms with Crippen LogP contribution in [0.4, 0.5) is 4.79 Å². The lowest BCUT2D eigenvalue weighted by Gasteiger charge is -2.16. The number of hydrogen-bond acceptors (Lipinski definition) is 6. The summed E-state index contributed by atoms with van der Waals surface area (Å²) in [6.45, 7) is 10.5. The zero-order valence-electron chi connectivity index (χ0n) is 21.2. The fourth-order valence-corrected chi connectivity index (χ4v) is 6.47. The standard InChI is InChI=1S/C26H40N2O4S2/c1-6-8-10-15-28(5)19-21-11-13-22(14-12-21)24-18-23(17-20(3)4)33-25(24)34(30,31)27-26(29)32-16-9-7-2/h11-14,18,20H,6-10,15-17,19H2,1-5H3,(H,27,29). The summed E-state index contributed by atoms with van der Waals surface area (Å²) in [5.41, 5.74) is 2.63. The molecule has 1 aromatic carbocycles. The lowest BCUT2D eigenvalue weighted by Crippen LogP contribution is -2.31. The van der Waals surface area contributed by atoms with Gasteiger partial charge in [0.2, 0.25) is 0 Å². The smallest absolute Gasteiger partial charge is 0.421 e. The lowest BCUT2D eigenvalue weighted by molar-refractivity contribution is 0.151. The minimum atomic E-state index is -4.05. The predicted octanol–water partition coefficient (Wildman–Crippen LogP) is 6.45. The highest BCUT2D eigenvalue weighted by Gasteiger charge is 2.26. The number of amides is 1. The number of carbonyl (C=O) groups is 1. The second-order valence-electron chi connectivity index (χ2n) is 9.25. The normalized spacial score (nSPS) is 11.9. The highest BCUT2D eigenvalue weighted by molar-refractivity contribution is 7.92. The maximum atomic E-state index is 13.1. The molecule has 0 aliphatic heterocycles. The van der Waals surface area contributed by atoms with Gasteiger partial charge in [0.1, 0.15) is 4.21 Å². The molecule has 2 aromatic rings. The van der Waals surface area contributed by atoms with E-state index in [2.05, 4.69) is 37.4 Å². The highest BCUT2D eigenvalue weighted by Crippen LogP contribution is 2.36. The summed E-state index contributed by atoms with van der Waals surface area (Å²) >= 11 is 1.22. The van der Waals surface area contributed by atoms with Gasteiger partial charge in [-0.05, 0) is 56.0 Å². The van der Waals surface area contributed by atoms with Gasteiger partial charge in [-0.25, -0.2) is 17.9 Å². The Morgan fingerprint density at radius 3 is 2.38 bits per heavy atom. The summed E-state index contributed by atoms with van der Waals surface area (Å²) in [5, 5.41) is 0. The van der Waals surface area contributed by atoms with Crippen LogP contribution >= 0.6 is 11.3 Å². The Balaban J connectivity index is 2.25. The Morgan fingerprint density at radius 2 is 1.76 bits per heavy atom. The molecule has 0 saturated carbocycles. The van der Waals surface area contributed by atoms with Crippen molar-refractivity contribution >= 4 is 27.5 Å². The zero-order chi connectivity index (χ0) is 25.1. The summed E-state index contributed by atoms with van der Waals surface area (Å²) in [6, 6.07) is 9.97. The van der Waals surface area contributed by atoms with Gasteiger partial charge < -0.3 is 9.64 Å². The molecule has 1 amide bonds. The Hall–Kier alpha value is -1.90. The molecule has 0 saturated heterocycles. The molecule has 0 fully saturated rings. The van der Waals surface area contributed by atoms with Crippen molar-refractivity contribution in [2.24, 2.45) is 5.92 Å². The van der Waals surface area contributed by atoms with Crippen molar-refractivity contribution in [3.8, 4) is 11.1 Å². The highest BCUT2D eigenvalue weighted by atomic mass is 32.2. The van der Waals surface area contributed by atoms with Gasteiger partial charge in [-0.3, -0.25) is 0 Å². The molecule has 0 unspecified atom stereocenters. The first-order chi connectivity index (χ1) is 16.2. The first-order valence-corrected chi connectivity index (χ1v) is 14.6. The van der Waals surface area contributed by atoms with E-state index < -0.39 is 16.1 Å². The van der Waals surface area contributed by atoms with Gasteiger partial charge >= 0.3 is 6.09 Å². The van der Waals surface area contributed by atoms with Gasteiger partial charge in [-0.15, -0.1) is 11.3 Å². The molecule has 0 atom stereocenters. The molecule has 0 aliphatic carbocycles. The number of sulfonamides is 1. The number of hydrogen-bond donors (Lipinski definition) is 1. The van der Waals surface area contributed by atoms with Crippen LogP contribution in [0.25, 0.3) is 11.1 Å². The van der Waals surface area contributed by atoms with E-state index in [0.717, 1.165) is 36.4 Å². The van der Waals surface area contributed by atoms with Gasteiger partial charge in [0.15, 0.2) is 0 Å². The molecule has 1 aromatic heterocycles. The Bertz CT molecular complexity index is 998. The largest absolute Gasteiger partial charge is 0.449 e. The molecule has 0 spiro atoms. The van der Waals surface area contributed by atoms with Crippen LogP contribution in [0.3, 0.4) is 0 Å². The summed E-state index contributed by atoms with van der Waals surface area (Å²) in [4.78, 5) is 15.4. The van der Waals surface area contributed by atoms with Crippen LogP contribution in [-0.4, -0.2) is 39.6 Å². The van der Waals surface area contributed by atoms with E-state index in [4.69, 9.17) is 4.74 Å². The average molecular weight is 509 g/mol. The summed E-state index contributed by atoms with van der Waals surface area (Å²) in [6.07, 6.45) is 5.02. The lowest BCUT2D eigenvalue weighted by atomic mass is 10.0. The second-order valence-corrected chi connectivity index (χ2v) is 12.3. The van der Waals surface area contributed by atoms with E-state index in [1.54, 1.807) is 0 Å². The van der Waals surface area contributed by atoms with Crippen LogP contribution in [0.15, 0.2) is 34.5 Å². The quantitative estimate of drug-likeness (QED) is 0.297. The number of unbranched alkanes of at least 4 members (excludes halogenated alkanes) is 3. The Kier molecular flexibility index (Phi) is 11.5. The summed E-state index contributed by atoms with van der Waals surface area (Å²) in [5.74, 6) is 0.389. The number of rotatable bonds is 14. The molecule has 0 aliphatic rings. The average Bonchev–Trinajstić information content (AvgIpc) is 3.18. The van der Waals surface area contributed by atoms with E-state index in [0.29, 0.717) is 17.9 Å². The molecular weight excluding hydrogens is 468 g/mol. The SMILES string of the molecule is CCCCCN(C)Cc1ccc(-c2cc(CC(C)C)sc2S(=O)(=O)NC(=O)OCCCC)cc1. The van der Waals surface area contributed by atoms with Gasteiger partial charge in [0, 0.05) is 17.0 Å². The van der Waals surface area contributed by atoms with E-state index in [9.17, 15) is 13.2 Å². The molecule has 34 heavy (non-hydrogen) atoms. The monoisotopic (exact) mass is 508 g/mol. The van der Waals surface area contributed by atoms with Crippen molar-refractivity contribution in [3.63, 3.8) is 0 Å². The van der Waals surface area contributed by atoms with Crippen molar-refractivity contribution in [3.05, 3.63) is 40.8 Å². The topological polar surface area (TPSA) is 75.7 Å². The third-order valence-corrected chi connectivity index (χ3v) is 8.42. The molecule has 1 heterocycles. The van der Waals surface area contributed by atoms with Gasteiger partial charge in [0.05, 0.1) is 6.61 Å². The Morgan fingerprint density at radius 1 is 1.09 bits per heavy atom. The van der Waals surface area contributed by atoms with Gasteiger partial charge in [0.25, 0.3) is 10.0 Å². The molecule has 0 radical (unpaired) electrons. The minimum absolute atomic E-state index is 0.153. The molecular formula is C26H40N2O4S2. The Labute approximate surface area is 209 Å². The minimum Gasteiger partial charge on any atom is -0.449 e. The number of ether oxygens (including phenoxy) is 1. The molecule has 6 nitrogen and oxygen atoms in total.